The van der Waals surface area contributed by atoms with E-state index in [0.29, 0.717) is 32.1 Å². The third kappa shape index (κ3) is 10.8. The van der Waals surface area contributed by atoms with Crippen LogP contribution in [0.15, 0.2) is 12.2 Å². The molecule has 0 amide bonds. The molecule has 4 heterocycles. The zero-order chi connectivity index (χ0) is 56.0. The number of hydrogen-bond acceptors (Lipinski definition) is 23. The molecule has 4 saturated carbocycles. The van der Waals surface area contributed by atoms with Crippen LogP contribution in [-0.2, 0) is 37.9 Å². The maximum Gasteiger partial charge on any atom is 0.187 e. The number of fused-ring (bicyclic) bond motifs is 5. The Labute approximate surface area is 444 Å². The van der Waals surface area contributed by atoms with Crippen molar-refractivity contribution >= 4 is 0 Å². The molecule has 440 valence electrons. The number of ether oxygens (including phenoxy) is 8. The molecule has 23 heteroatoms. The van der Waals surface area contributed by atoms with Crippen LogP contribution in [-0.4, -0.2) is 243 Å². The summed E-state index contributed by atoms with van der Waals surface area (Å²) in [6.07, 6.45) is -23.1. The Morgan fingerprint density at radius 2 is 1.13 bits per heavy atom. The molecule has 8 rings (SSSR count). The quantitative estimate of drug-likeness (QED) is 0.0591. The largest absolute Gasteiger partial charge is 0.394 e. The molecule has 0 aromatic rings. The van der Waals surface area contributed by atoms with Crippen LogP contribution in [0, 0.1) is 45.3 Å². The van der Waals surface area contributed by atoms with Gasteiger partial charge in [0.15, 0.2) is 25.2 Å². The van der Waals surface area contributed by atoms with Gasteiger partial charge in [0.1, 0.15) is 91.6 Å². The SMILES string of the molecule is CC(C)(O)/C=C/C[C@](C)(O[C@@H]1O[C@H](CO[C@@H]2OC[C@@H](O)[C@H](O)[C@H]2O)[C@@H](O)[C@H](O)[C@H]1O)C1CC[C@]2(C)C1[C@H](O)C[C@@H]1[C@@]3(C)CC[C@H](O[C@@H]4O[C@H](CO)[C@@H](O)[C@H](O)[C@H]4O[C@@H]4O[C@H](CO)[C@@H](O)[C@H](O)[C@H]4O)C(C)(C)C3CC[C@]12C. The van der Waals surface area contributed by atoms with Crippen molar-refractivity contribution in [3.05, 3.63) is 12.2 Å². The number of hydrogen-bond donors (Lipinski definition) is 15. The fourth-order valence-electron chi connectivity index (χ4n) is 15.9. The minimum Gasteiger partial charge on any atom is -0.394 e. The van der Waals surface area contributed by atoms with Crippen molar-refractivity contribution in [2.24, 2.45) is 45.3 Å². The molecule has 23 nitrogen and oxygen atoms in total. The monoisotopic (exact) mass is 1090 g/mol. The fraction of sp³-hybridized carbons (Fsp3) is 0.962. The van der Waals surface area contributed by atoms with E-state index in [1.54, 1.807) is 26.0 Å². The molecule has 0 spiro atoms. The summed E-state index contributed by atoms with van der Waals surface area (Å²) < 4.78 is 48.6. The Hall–Kier alpha value is -1.18. The van der Waals surface area contributed by atoms with E-state index in [9.17, 15) is 76.6 Å². The summed E-state index contributed by atoms with van der Waals surface area (Å²) in [4.78, 5) is 0. The molecule has 0 radical (unpaired) electrons. The molecule has 76 heavy (non-hydrogen) atoms. The number of aliphatic hydroxyl groups is 15. The van der Waals surface area contributed by atoms with E-state index in [1.807, 2.05) is 6.92 Å². The molecule has 0 aromatic heterocycles. The first-order valence-corrected chi connectivity index (χ1v) is 27.4. The molecule has 29 atom stereocenters. The summed E-state index contributed by atoms with van der Waals surface area (Å²) in [5, 5.41) is 162. The first kappa shape index (κ1) is 60.9. The summed E-state index contributed by atoms with van der Waals surface area (Å²) in [5.74, 6) is -0.666. The Kier molecular flexibility index (Phi) is 18.1. The van der Waals surface area contributed by atoms with Crippen LogP contribution in [0.3, 0.4) is 0 Å². The molecular weight excluding hydrogens is 1000 g/mol. The van der Waals surface area contributed by atoms with E-state index in [-0.39, 0.29) is 47.5 Å². The van der Waals surface area contributed by atoms with Crippen LogP contribution in [0.25, 0.3) is 0 Å². The lowest BCUT2D eigenvalue weighted by atomic mass is 9.35. The summed E-state index contributed by atoms with van der Waals surface area (Å²) in [6.45, 7) is 14.1. The van der Waals surface area contributed by atoms with Gasteiger partial charge in [0, 0.05) is 0 Å². The molecule has 8 aliphatic rings. The van der Waals surface area contributed by atoms with Crippen LogP contribution in [0.5, 0.6) is 0 Å². The molecule has 4 aliphatic carbocycles. The van der Waals surface area contributed by atoms with E-state index in [4.69, 9.17) is 37.9 Å². The highest BCUT2D eigenvalue weighted by Gasteiger charge is 2.72. The zero-order valence-corrected chi connectivity index (χ0v) is 45.0. The van der Waals surface area contributed by atoms with E-state index in [2.05, 4.69) is 34.6 Å². The predicted octanol–water partition coefficient (Wildman–Crippen LogP) is -2.59. The molecule has 3 unspecified atom stereocenters. The van der Waals surface area contributed by atoms with Gasteiger partial charge in [-0.25, -0.2) is 0 Å². The van der Waals surface area contributed by atoms with Crippen LogP contribution in [0.1, 0.15) is 107 Å². The second kappa shape index (κ2) is 22.5. The first-order valence-electron chi connectivity index (χ1n) is 27.4. The second-order valence-electron chi connectivity index (χ2n) is 25.7. The Morgan fingerprint density at radius 1 is 0.566 bits per heavy atom. The first-order chi connectivity index (χ1) is 35.4. The highest BCUT2D eigenvalue weighted by Crippen LogP contribution is 2.76. The van der Waals surface area contributed by atoms with E-state index in [0.717, 1.165) is 12.8 Å². The summed E-state index contributed by atoms with van der Waals surface area (Å²) >= 11 is 0. The smallest absolute Gasteiger partial charge is 0.187 e. The highest BCUT2D eigenvalue weighted by atomic mass is 16.8. The van der Waals surface area contributed by atoms with Crippen LogP contribution >= 0.6 is 0 Å². The lowest BCUT2D eigenvalue weighted by Crippen LogP contribution is -2.68. The third-order valence-electron chi connectivity index (χ3n) is 20.4. The number of rotatable bonds is 15. The summed E-state index contributed by atoms with van der Waals surface area (Å²) in [6, 6.07) is 0. The zero-order valence-electron chi connectivity index (χ0n) is 45.0. The van der Waals surface area contributed by atoms with Gasteiger partial charge in [0.25, 0.3) is 0 Å². The molecule has 15 N–H and O–H groups in total. The van der Waals surface area contributed by atoms with Crippen molar-refractivity contribution in [2.45, 2.75) is 247 Å². The molecule has 0 bridgehead atoms. The van der Waals surface area contributed by atoms with Gasteiger partial charge < -0.3 is 114 Å². The van der Waals surface area contributed by atoms with Crippen molar-refractivity contribution in [3.63, 3.8) is 0 Å². The van der Waals surface area contributed by atoms with Gasteiger partial charge in [-0.3, -0.25) is 0 Å². The minimum atomic E-state index is -1.82. The lowest BCUT2D eigenvalue weighted by molar-refractivity contribution is -0.378. The van der Waals surface area contributed by atoms with Gasteiger partial charge in [-0.1, -0.05) is 46.8 Å². The van der Waals surface area contributed by atoms with Gasteiger partial charge in [0.2, 0.25) is 0 Å². The summed E-state index contributed by atoms with van der Waals surface area (Å²) in [5.41, 5.74) is -4.12. The average molecular weight is 1100 g/mol. The van der Waals surface area contributed by atoms with Gasteiger partial charge in [0.05, 0.1) is 49.8 Å². The molecule has 4 aliphatic heterocycles. The highest BCUT2D eigenvalue weighted by molar-refractivity contribution is 5.21. The Morgan fingerprint density at radius 3 is 1.76 bits per heavy atom. The Bertz CT molecular complexity index is 1980. The topological polar surface area (TPSA) is 377 Å². The Balaban J connectivity index is 1.02. The van der Waals surface area contributed by atoms with Crippen LogP contribution in [0.4, 0.5) is 0 Å². The normalized spacial score (nSPS) is 52.6. The summed E-state index contributed by atoms with van der Waals surface area (Å²) in [7, 11) is 0. The standard InChI is InChI=1S/C53H90O23/c1-48(2,68)13-9-14-53(8,76-46-42(67)38(63)36(61)28(73-46)22-70-44-40(65)33(58)25(57)21-69-44)23-10-16-52(7)32(23)24(56)18-30-50(5)15-12-31(49(3,4)29(50)11-17-51(30,52)6)74-47-43(39(64)35(60)27(20-55)72-47)75-45-41(66)37(62)34(59)26(19-54)71-45/h9,13,23-47,54-68H,10-12,14-22H2,1-8H3/b13-9+/t23?,24-,25-,26-,27-,28-,29?,30-,31+,32?,33+,34-,35-,36-,37+,38+,39+,40-,41-,42-,43-,44+,45+,46+,47+,50+,51-,52-,53+/m1/s1. The van der Waals surface area contributed by atoms with Crippen molar-refractivity contribution in [1.29, 1.82) is 0 Å². The predicted molar refractivity (Wildman–Crippen MR) is 262 cm³/mol. The molecule has 4 saturated heterocycles. The van der Waals surface area contributed by atoms with Gasteiger partial charge in [-0.15, -0.1) is 0 Å². The molecule has 0 aromatic carbocycles. The minimum absolute atomic E-state index is 0.0112. The van der Waals surface area contributed by atoms with E-state index >= 15 is 0 Å². The number of aliphatic hydroxyl groups excluding tert-OH is 14. The lowest BCUT2D eigenvalue weighted by Gasteiger charge is -2.71. The van der Waals surface area contributed by atoms with Crippen LogP contribution < -0.4 is 0 Å². The van der Waals surface area contributed by atoms with E-state index in [1.165, 1.54) is 0 Å². The van der Waals surface area contributed by atoms with Crippen LogP contribution in [0.2, 0.25) is 0 Å². The molecular formula is C53H90O23. The third-order valence-corrected chi connectivity index (χ3v) is 20.4. The fourth-order valence-corrected chi connectivity index (χ4v) is 15.9. The maximum atomic E-state index is 12.8. The van der Waals surface area contributed by atoms with Crippen molar-refractivity contribution < 1.29 is 114 Å². The van der Waals surface area contributed by atoms with Crippen molar-refractivity contribution in [3.8, 4) is 0 Å². The maximum absolute atomic E-state index is 12.8. The average Bonchev–Trinajstić information content (AvgIpc) is 3.74. The second-order valence-corrected chi connectivity index (χ2v) is 25.7. The van der Waals surface area contributed by atoms with Gasteiger partial charge >= 0.3 is 0 Å². The van der Waals surface area contributed by atoms with E-state index < -0.39 is 171 Å². The van der Waals surface area contributed by atoms with Gasteiger partial charge in [-0.2, -0.15) is 0 Å². The molecule has 8 fully saturated rings. The van der Waals surface area contributed by atoms with Crippen molar-refractivity contribution in [1.82, 2.24) is 0 Å². The van der Waals surface area contributed by atoms with Crippen molar-refractivity contribution in [2.75, 3.05) is 26.4 Å². The van der Waals surface area contributed by atoms with Gasteiger partial charge in [-0.05, 0) is 117 Å².